The molecule has 5 nitrogen and oxygen atoms in total. The van der Waals surface area contributed by atoms with Gasteiger partial charge in [0, 0.05) is 26.3 Å². The van der Waals surface area contributed by atoms with Gasteiger partial charge in [-0.1, -0.05) is 6.42 Å². The van der Waals surface area contributed by atoms with Gasteiger partial charge < -0.3 is 10.1 Å². The number of nitrogens with one attached hydrogen (secondary N) is 2. The van der Waals surface area contributed by atoms with Gasteiger partial charge in [-0.05, 0) is 31.7 Å². The zero-order valence-corrected chi connectivity index (χ0v) is 11.6. The molecule has 0 heterocycles. The molecule has 0 spiro atoms. The summed E-state index contributed by atoms with van der Waals surface area (Å²) in [5, 5.41) is 3.49. The number of hydrogen-bond donors (Lipinski definition) is 2. The largest absolute Gasteiger partial charge is 0.385 e. The van der Waals surface area contributed by atoms with Crippen LogP contribution >= 0.6 is 0 Å². The highest BCUT2D eigenvalue weighted by Gasteiger charge is 2.26. The number of rotatable bonds is 8. The molecule has 0 radical (unpaired) electrons. The van der Waals surface area contributed by atoms with Crippen molar-refractivity contribution in [2.45, 2.75) is 31.7 Å². The van der Waals surface area contributed by atoms with Crippen molar-refractivity contribution in [3.8, 4) is 0 Å². The molecule has 1 fully saturated rings. The van der Waals surface area contributed by atoms with Gasteiger partial charge in [0.2, 0.25) is 10.0 Å². The first-order valence-corrected chi connectivity index (χ1v) is 8.09. The Balaban J connectivity index is 2.24. The standard InChI is InChI=1S/C11H24N2O3S/c1-16-8-4-7-12-11-6-3-5-10(11)9-13-17(2,14)15/h10-13H,3-9H2,1-2H3/t10-,11+/m0/s1. The van der Waals surface area contributed by atoms with Gasteiger partial charge in [-0.3, -0.25) is 0 Å². The van der Waals surface area contributed by atoms with Crippen LogP contribution in [0.1, 0.15) is 25.7 Å². The summed E-state index contributed by atoms with van der Waals surface area (Å²) in [6, 6.07) is 0.445. The van der Waals surface area contributed by atoms with E-state index in [-0.39, 0.29) is 0 Å². The van der Waals surface area contributed by atoms with E-state index in [2.05, 4.69) is 10.0 Å². The van der Waals surface area contributed by atoms with Gasteiger partial charge in [0.05, 0.1) is 6.26 Å². The molecular formula is C11H24N2O3S. The lowest BCUT2D eigenvalue weighted by atomic mass is 10.0. The second-order valence-corrected chi connectivity index (χ2v) is 6.55. The molecule has 6 heteroatoms. The molecule has 1 aliphatic carbocycles. The van der Waals surface area contributed by atoms with Crippen LogP contribution < -0.4 is 10.0 Å². The van der Waals surface area contributed by atoms with Crippen LogP contribution in [0.3, 0.4) is 0 Å². The third-order valence-electron chi connectivity index (χ3n) is 3.20. The highest BCUT2D eigenvalue weighted by molar-refractivity contribution is 7.88. The lowest BCUT2D eigenvalue weighted by molar-refractivity contribution is 0.192. The second-order valence-electron chi connectivity index (χ2n) is 4.72. The number of hydrogen-bond acceptors (Lipinski definition) is 4. The fraction of sp³-hybridized carbons (Fsp3) is 1.00. The molecule has 0 aromatic rings. The third-order valence-corrected chi connectivity index (χ3v) is 3.89. The Bertz CT molecular complexity index is 306. The molecule has 0 amide bonds. The lowest BCUT2D eigenvalue weighted by Crippen LogP contribution is -2.39. The Morgan fingerprint density at radius 2 is 2.12 bits per heavy atom. The van der Waals surface area contributed by atoms with Crippen LogP contribution in [0.15, 0.2) is 0 Å². The summed E-state index contributed by atoms with van der Waals surface area (Å²) in [4.78, 5) is 0. The van der Waals surface area contributed by atoms with Crippen LogP contribution in [0.4, 0.5) is 0 Å². The summed E-state index contributed by atoms with van der Waals surface area (Å²) in [6.45, 7) is 2.26. The Morgan fingerprint density at radius 3 is 2.76 bits per heavy atom. The van der Waals surface area contributed by atoms with Crippen LogP contribution in [-0.4, -0.2) is 47.5 Å². The summed E-state index contributed by atoms with van der Waals surface area (Å²) >= 11 is 0. The molecule has 0 unspecified atom stereocenters. The molecule has 1 saturated carbocycles. The lowest BCUT2D eigenvalue weighted by Gasteiger charge is -2.21. The molecule has 0 saturated heterocycles. The quantitative estimate of drug-likeness (QED) is 0.620. The molecule has 1 rings (SSSR count). The van der Waals surface area contributed by atoms with Crippen LogP contribution in [0.5, 0.6) is 0 Å². The van der Waals surface area contributed by atoms with E-state index in [1.54, 1.807) is 7.11 Å². The highest BCUT2D eigenvalue weighted by atomic mass is 32.2. The SMILES string of the molecule is COCCCN[C@@H]1CCC[C@H]1CNS(C)(=O)=O. The van der Waals surface area contributed by atoms with Gasteiger partial charge in [-0.25, -0.2) is 13.1 Å². The monoisotopic (exact) mass is 264 g/mol. The zero-order valence-electron chi connectivity index (χ0n) is 10.7. The molecule has 0 bridgehead atoms. The van der Waals surface area contributed by atoms with Crippen molar-refractivity contribution in [1.82, 2.24) is 10.0 Å². The minimum absolute atomic E-state index is 0.423. The normalized spacial score (nSPS) is 25.3. The van der Waals surface area contributed by atoms with Crippen LogP contribution in [0.25, 0.3) is 0 Å². The summed E-state index contributed by atoms with van der Waals surface area (Å²) in [5.41, 5.74) is 0. The Labute approximate surface area is 104 Å². The highest BCUT2D eigenvalue weighted by Crippen LogP contribution is 2.25. The van der Waals surface area contributed by atoms with Crippen molar-refractivity contribution in [3.63, 3.8) is 0 Å². The minimum atomic E-state index is -3.06. The average molecular weight is 264 g/mol. The first-order chi connectivity index (χ1) is 8.03. The van der Waals surface area contributed by atoms with Crippen molar-refractivity contribution in [2.24, 2.45) is 5.92 Å². The van der Waals surface area contributed by atoms with Crippen LogP contribution in [0.2, 0.25) is 0 Å². The molecule has 1 aliphatic rings. The van der Waals surface area contributed by atoms with E-state index >= 15 is 0 Å². The zero-order chi connectivity index (χ0) is 12.7. The van der Waals surface area contributed by atoms with E-state index in [9.17, 15) is 8.42 Å². The predicted octanol–water partition coefficient (Wildman–Crippen LogP) is 0.330. The molecule has 102 valence electrons. The molecule has 0 aromatic heterocycles. The van der Waals surface area contributed by atoms with Crippen molar-refractivity contribution in [2.75, 3.05) is 33.1 Å². The molecule has 2 N–H and O–H groups in total. The molecule has 17 heavy (non-hydrogen) atoms. The van der Waals surface area contributed by atoms with Crippen molar-refractivity contribution < 1.29 is 13.2 Å². The Kier molecular flexibility index (Phi) is 6.40. The Morgan fingerprint density at radius 1 is 1.35 bits per heavy atom. The van der Waals surface area contributed by atoms with Crippen molar-refractivity contribution in [1.29, 1.82) is 0 Å². The average Bonchev–Trinajstić information content (AvgIpc) is 2.68. The minimum Gasteiger partial charge on any atom is -0.385 e. The summed E-state index contributed by atoms with van der Waals surface area (Å²) in [6.07, 6.45) is 5.63. The smallest absolute Gasteiger partial charge is 0.208 e. The van der Waals surface area contributed by atoms with E-state index in [0.717, 1.165) is 32.4 Å². The van der Waals surface area contributed by atoms with E-state index in [1.807, 2.05) is 0 Å². The first kappa shape index (κ1) is 14.9. The molecule has 2 atom stereocenters. The maximum Gasteiger partial charge on any atom is 0.208 e. The van der Waals surface area contributed by atoms with Crippen LogP contribution in [0, 0.1) is 5.92 Å². The third kappa shape index (κ3) is 6.35. The van der Waals surface area contributed by atoms with E-state index in [4.69, 9.17) is 4.74 Å². The number of sulfonamides is 1. The van der Waals surface area contributed by atoms with Gasteiger partial charge >= 0.3 is 0 Å². The summed E-state index contributed by atoms with van der Waals surface area (Å²) < 4.78 is 29.7. The summed E-state index contributed by atoms with van der Waals surface area (Å²) in [7, 11) is -1.36. The van der Waals surface area contributed by atoms with Gasteiger partial charge in [0.1, 0.15) is 0 Å². The fourth-order valence-corrected chi connectivity index (χ4v) is 2.83. The van der Waals surface area contributed by atoms with Gasteiger partial charge in [-0.15, -0.1) is 0 Å². The van der Waals surface area contributed by atoms with Gasteiger partial charge in [0.15, 0.2) is 0 Å². The van der Waals surface area contributed by atoms with E-state index in [1.165, 1.54) is 12.7 Å². The molecule has 0 aromatic carbocycles. The second kappa shape index (κ2) is 7.31. The predicted molar refractivity (Wildman–Crippen MR) is 68.5 cm³/mol. The van der Waals surface area contributed by atoms with E-state index < -0.39 is 10.0 Å². The molecule has 0 aliphatic heterocycles. The summed E-state index contributed by atoms with van der Waals surface area (Å²) in [5.74, 6) is 0.423. The number of ether oxygens (including phenoxy) is 1. The maximum atomic E-state index is 11.0. The van der Waals surface area contributed by atoms with E-state index in [0.29, 0.717) is 18.5 Å². The van der Waals surface area contributed by atoms with Gasteiger partial charge in [0.25, 0.3) is 0 Å². The first-order valence-electron chi connectivity index (χ1n) is 6.20. The Hall–Kier alpha value is -0.170. The van der Waals surface area contributed by atoms with Gasteiger partial charge in [-0.2, -0.15) is 0 Å². The topological polar surface area (TPSA) is 67.4 Å². The van der Waals surface area contributed by atoms with Crippen molar-refractivity contribution in [3.05, 3.63) is 0 Å². The van der Waals surface area contributed by atoms with Crippen LogP contribution in [-0.2, 0) is 14.8 Å². The maximum absolute atomic E-state index is 11.0. The fourth-order valence-electron chi connectivity index (χ4n) is 2.31. The van der Waals surface area contributed by atoms with Crippen molar-refractivity contribution >= 4 is 10.0 Å². The molecular weight excluding hydrogens is 240 g/mol. The number of methoxy groups -OCH3 is 1.